The number of carbonyl (C=O) groups excluding carboxylic acids is 3. The fraction of sp³-hybridized carbons (Fsp3) is 0.352. The highest BCUT2D eigenvalue weighted by Crippen LogP contribution is 2.39. The van der Waals surface area contributed by atoms with E-state index in [4.69, 9.17) is 20.2 Å². The summed E-state index contributed by atoms with van der Waals surface area (Å²) in [6.45, 7) is 11.2. The summed E-state index contributed by atoms with van der Waals surface area (Å²) in [7, 11) is 7.73. The molecule has 4 aliphatic heterocycles. The van der Waals surface area contributed by atoms with Gasteiger partial charge < -0.3 is 24.3 Å². The van der Waals surface area contributed by atoms with Gasteiger partial charge in [-0.1, -0.05) is 42.5 Å². The largest absolute Gasteiger partial charge is 0.335 e. The molecular weight excluding hydrogens is 921 g/mol. The van der Waals surface area contributed by atoms with Crippen LogP contribution in [-0.2, 0) is 64.0 Å². The van der Waals surface area contributed by atoms with E-state index in [9.17, 15) is 14.4 Å². The number of amides is 2. The lowest BCUT2D eigenvalue weighted by molar-refractivity contribution is -0.131. The van der Waals surface area contributed by atoms with Gasteiger partial charge in [-0.2, -0.15) is 20.4 Å². The van der Waals surface area contributed by atoms with E-state index in [-0.39, 0.29) is 23.5 Å². The molecule has 19 nitrogen and oxygen atoms in total. The number of Topliss-reactive ketones (excluding diaryl/α,β-unsaturated/α-hetero) is 1. The van der Waals surface area contributed by atoms with Crippen LogP contribution >= 0.6 is 0 Å². The smallest absolute Gasteiger partial charge is 0.219 e. The Kier molecular flexibility index (Phi) is 11.5. The predicted molar refractivity (Wildman–Crippen MR) is 276 cm³/mol. The van der Waals surface area contributed by atoms with Gasteiger partial charge in [0.05, 0.1) is 65.8 Å². The molecule has 0 radical (unpaired) electrons. The van der Waals surface area contributed by atoms with Crippen molar-refractivity contribution in [3.8, 4) is 45.0 Å². The monoisotopic (exact) mass is 978 g/mol. The maximum Gasteiger partial charge on any atom is 0.219 e. The second-order valence-electron chi connectivity index (χ2n) is 20.0. The molecule has 73 heavy (non-hydrogen) atoms. The van der Waals surface area contributed by atoms with Crippen LogP contribution in [0.15, 0.2) is 91.5 Å². The van der Waals surface area contributed by atoms with Gasteiger partial charge >= 0.3 is 0 Å². The van der Waals surface area contributed by atoms with Crippen LogP contribution in [0.2, 0.25) is 0 Å². The van der Waals surface area contributed by atoms with E-state index in [1.807, 2.05) is 102 Å². The zero-order chi connectivity index (χ0) is 50.2. The predicted octanol–water partition coefficient (Wildman–Crippen LogP) is 5.37. The van der Waals surface area contributed by atoms with Gasteiger partial charge in [0, 0.05) is 157 Å². The SMILES string of the molecule is CC(=O)N1CCn2c(C3CN(CC(=O)c4ccccc4)C3)nc(-c3ccc4c(c3)c(-c3cnn(C)c3)nn4C)c2C1.CC(=O)N1CCn2c(C3CNC3)nc(-c3ccc4c(c3)c(-c3cnn(C)c3)nn4C)c2C1. The summed E-state index contributed by atoms with van der Waals surface area (Å²) in [4.78, 5) is 53.6. The van der Waals surface area contributed by atoms with E-state index in [1.54, 1.807) is 23.2 Å². The molecule has 1 N–H and O–H groups in total. The van der Waals surface area contributed by atoms with E-state index in [2.05, 4.69) is 65.9 Å². The fourth-order valence-electron chi connectivity index (χ4n) is 11.0. The van der Waals surface area contributed by atoms with Crippen molar-refractivity contribution in [2.75, 3.05) is 45.8 Å². The van der Waals surface area contributed by atoms with E-state index in [1.165, 1.54) is 0 Å². The molecule has 3 aromatic carbocycles. The molecule has 4 aliphatic rings. The van der Waals surface area contributed by atoms with Gasteiger partial charge in [0.2, 0.25) is 11.8 Å². The minimum Gasteiger partial charge on any atom is -0.335 e. The summed E-state index contributed by atoms with van der Waals surface area (Å²) in [5.41, 5.74) is 12.7. The van der Waals surface area contributed by atoms with Gasteiger partial charge in [-0.15, -0.1) is 0 Å². The lowest BCUT2D eigenvalue weighted by atomic mass is 9.97. The van der Waals surface area contributed by atoms with Crippen molar-refractivity contribution in [1.29, 1.82) is 0 Å². The van der Waals surface area contributed by atoms with Gasteiger partial charge in [-0.25, -0.2) is 9.97 Å². The second kappa shape index (κ2) is 18.2. The number of benzene rings is 3. The zero-order valence-electron chi connectivity index (χ0n) is 42.0. The summed E-state index contributed by atoms with van der Waals surface area (Å²) in [6, 6.07) is 22.2. The Labute approximate surface area is 421 Å². The van der Waals surface area contributed by atoms with Crippen molar-refractivity contribution in [3.63, 3.8) is 0 Å². The number of imidazole rings is 2. The lowest BCUT2D eigenvalue weighted by Gasteiger charge is -2.39. The van der Waals surface area contributed by atoms with Gasteiger partial charge in [-0.05, 0) is 24.3 Å². The molecule has 19 heteroatoms. The molecule has 372 valence electrons. The van der Waals surface area contributed by atoms with Crippen molar-refractivity contribution < 1.29 is 14.4 Å². The number of aryl methyl sites for hydroxylation is 4. The number of hydrogen-bond acceptors (Lipinski definition) is 11. The number of nitrogens with zero attached hydrogens (tertiary/aromatic N) is 15. The van der Waals surface area contributed by atoms with Crippen LogP contribution in [0.3, 0.4) is 0 Å². The van der Waals surface area contributed by atoms with Crippen molar-refractivity contribution in [2.24, 2.45) is 28.2 Å². The molecule has 13 rings (SSSR count). The van der Waals surface area contributed by atoms with Crippen molar-refractivity contribution >= 4 is 39.4 Å². The summed E-state index contributed by atoms with van der Waals surface area (Å²) < 4.78 is 12.0. The summed E-state index contributed by atoms with van der Waals surface area (Å²) >= 11 is 0. The van der Waals surface area contributed by atoms with Gasteiger partial charge in [-0.3, -0.25) is 38.0 Å². The van der Waals surface area contributed by atoms with Gasteiger partial charge in [0.15, 0.2) is 5.78 Å². The van der Waals surface area contributed by atoms with Crippen LogP contribution in [0.5, 0.6) is 0 Å². The average Bonchev–Trinajstić information content (AvgIpc) is 4.24. The third-order valence-corrected chi connectivity index (χ3v) is 15.1. The second-order valence-corrected chi connectivity index (χ2v) is 20.0. The molecule has 2 amide bonds. The molecule has 9 aromatic rings. The third kappa shape index (κ3) is 8.31. The standard InChI is InChI=1S/C31H32N8O2.C23H26N8O/c1-20(40)38-11-12-39-27(18-38)30(33-31(39)24-16-37(17-24)19-28(41)21-7-5-4-6-8-21)22-9-10-26-25(13-22)29(34-36(26)3)23-14-32-35(2)15-23;1-14(32)30-6-7-31-20(13-30)22(26-23(31)16-9-24-10-16)15-4-5-19-18(8-15)21(27-29(19)3)17-11-25-28(2)12-17/h4-10,13-15,24H,11-12,16-19H2,1-3H3;4-5,8,11-12,16,24H,6-7,9-10,13H2,1-3H3. The minimum absolute atomic E-state index is 0.0702. The van der Waals surface area contributed by atoms with Gasteiger partial charge in [0.25, 0.3) is 0 Å². The van der Waals surface area contributed by atoms with Crippen LogP contribution < -0.4 is 5.32 Å². The van der Waals surface area contributed by atoms with E-state index < -0.39 is 0 Å². The van der Waals surface area contributed by atoms with Crippen molar-refractivity contribution in [3.05, 3.63) is 120 Å². The quantitative estimate of drug-likeness (QED) is 0.184. The van der Waals surface area contributed by atoms with E-state index >= 15 is 0 Å². The Morgan fingerprint density at radius 3 is 1.52 bits per heavy atom. The summed E-state index contributed by atoms with van der Waals surface area (Å²) in [5.74, 6) is 3.16. The first-order valence-corrected chi connectivity index (χ1v) is 25.0. The molecule has 10 heterocycles. The molecule has 2 saturated heterocycles. The normalized spacial score (nSPS) is 16.0. The first kappa shape index (κ1) is 46.1. The molecular formula is C54H58N16O3. The number of nitrogens with one attached hydrogen (secondary N) is 1. The fourth-order valence-corrected chi connectivity index (χ4v) is 11.0. The number of hydrogen-bond donors (Lipinski definition) is 1. The van der Waals surface area contributed by atoms with Crippen molar-refractivity contribution in [1.82, 2.24) is 78.2 Å². The molecule has 6 aromatic heterocycles. The Hall–Kier alpha value is -8.03. The first-order chi connectivity index (χ1) is 35.3. The lowest BCUT2D eigenvalue weighted by Crippen LogP contribution is -2.48. The minimum atomic E-state index is 0.0702. The van der Waals surface area contributed by atoms with E-state index in [0.29, 0.717) is 38.6 Å². The molecule has 0 spiro atoms. The Balaban J connectivity index is 0.000000153. The number of carbonyl (C=O) groups is 3. The van der Waals surface area contributed by atoms with Gasteiger partial charge in [0.1, 0.15) is 23.0 Å². The van der Waals surface area contributed by atoms with Crippen LogP contribution in [0.25, 0.3) is 66.8 Å². The highest BCUT2D eigenvalue weighted by Gasteiger charge is 2.37. The topological polar surface area (TPSA) is 180 Å². The molecule has 0 saturated carbocycles. The molecule has 2 fully saturated rings. The maximum atomic E-state index is 12.7. The maximum absolute atomic E-state index is 12.7. The summed E-state index contributed by atoms with van der Waals surface area (Å²) in [5, 5.41) is 23.7. The number of rotatable bonds is 9. The highest BCUT2D eigenvalue weighted by atomic mass is 16.2. The Morgan fingerprint density at radius 2 is 1.08 bits per heavy atom. The average molecular weight is 979 g/mol. The Bertz CT molecular complexity index is 3620. The number of fused-ring (bicyclic) bond motifs is 4. The van der Waals surface area contributed by atoms with E-state index in [0.717, 1.165) is 135 Å². The van der Waals surface area contributed by atoms with Crippen LogP contribution in [0, 0.1) is 0 Å². The number of likely N-dealkylation sites (tertiary alicyclic amines) is 1. The zero-order valence-corrected chi connectivity index (χ0v) is 42.0. The summed E-state index contributed by atoms with van der Waals surface area (Å²) in [6.07, 6.45) is 7.64. The molecule has 0 atom stereocenters. The number of aromatic nitrogens is 12. The van der Waals surface area contributed by atoms with Crippen LogP contribution in [0.4, 0.5) is 0 Å². The highest BCUT2D eigenvalue weighted by molar-refractivity contribution is 5.98. The van der Waals surface area contributed by atoms with Crippen LogP contribution in [-0.4, -0.2) is 136 Å². The van der Waals surface area contributed by atoms with Crippen LogP contribution in [0.1, 0.15) is 59.1 Å². The molecule has 0 bridgehead atoms. The third-order valence-electron chi connectivity index (χ3n) is 15.1. The number of ketones is 1. The molecule has 0 aliphatic carbocycles. The molecule has 0 unspecified atom stereocenters. The van der Waals surface area contributed by atoms with Crippen molar-refractivity contribution in [2.45, 2.75) is 51.9 Å². The first-order valence-electron chi connectivity index (χ1n) is 25.0. The Morgan fingerprint density at radius 1 is 0.589 bits per heavy atom.